The van der Waals surface area contributed by atoms with Crippen LogP contribution in [0.4, 0.5) is 0 Å². The maximum atomic E-state index is 6.99. The fraction of sp³-hybridized carbons (Fsp3) is 0.586. The van der Waals surface area contributed by atoms with Crippen molar-refractivity contribution in [2.75, 3.05) is 0 Å². The summed E-state index contributed by atoms with van der Waals surface area (Å²) in [4.78, 5) is 6.99. The van der Waals surface area contributed by atoms with E-state index in [4.69, 9.17) is 4.84 Å². The third kappa shape index (κ3) is 4.91. The Morgan fingerprint density at radius 1 is 0.774 bits per heavy atom. The molecule has 2 unspecified atom stereocenters. The summed E-state index contributed by atoms with van der Waals surface area (Å²) in [6.45, 7) is 11.6. The van der Waals surface area contributed by atoms with E-state index in [-0.39, 0.29) is 23.1 Å². The molecule has 1 heterocycles. The molecule has 0 radical (unpaired) electrons. The highest BCUT2D eigenvalue weighted by molar-refractivity contribution is 5.31. The third-order valence-electron chi connectivity index (χ3n) is 7.77. The number of hydroxylamine groups is 2. The molecule has 1 saturated carbocycles. The molecule has 168 valence electrons. The number of rotatable bonds is 6. The zero-order chi connectivity index (χ0) is 22.1. The second-order valence-electron chi connectivity index (χ2n) is 11.1. The van der Waals surface area contributed by atoms with Gasteiger partial charge in [-0.3, -0.25) is 4.84 Å². The predicted molar refractivity (Wildman–Crippen MR) is 130 cm³/mol. The quantitative estimate of drug-likeness (QED) is 0.468. The summed E-state index contributed by atoms with van der Waals surface area (Å²) >= 11 is 0. The van der Waals surface area contributed by atoms with Crippen molar-refractivity contribution in [3.8, 4) is 0 Å². The van der Waals surface area contributed by atoms with Crippen LogP contribution in [0.25, 0.3) is 0 Å². The van der Waals surface area contributed by atoms with Crippen molar-refractivity contribution in [3.05, 3.63) is 71.3 Å². The molecule has 2 aromatic carbocycles. The summed E-state index contributed by atoms with van der Waals surface area (Å²) < 4.78 is 0. The summed E-state index contributed by atoms with van der Waals surface area (Å²) in [6.07, 6.45) is 9.06. The average Bonchev–Trinajstić information content (AvgIpc) is 3.28. The predicted octanol–water partition coefficient (Wildman–Crippen LogP) is 8.16. The van der Waals surface area contributed by atoms with Gasteiger partial charge >= 0.3 is 0 Å². The van der Waals surface area contributed by atoms with E-state index in [0.717, 1.165) is 5.92 Å². The lowest BCUT2D eigenvalue weighted by Crippen LogP contribution is -2.58. The third-order valence-corrected chi connectivity index (χ3v) is 7.77. The summed E-state index contributed by atoms with van der Waals surface area (Å²) in [6, 6.07) is 20.3. The summed E-state index contributed by atoms with van der Waals surface area (Å²) in [5.74, 6) is 1.04. The van der Waals surface area contributed by atoms with Crippen LogP contribution in [0.3, 0.4) is 0 Å². The molecule has 0 bridgehead atoms. The van der Waals surface area contributed by atoms with Crippen LogP contribution in [0.5, 0.6) is 0 Å². The maximum absolute atomic E-state index is 6.99. The van der Waals surface area contributed by atoms with Gasteiger partial charge in [0.05, 0.1) is 0 Å². The monoisotopic (exact) mass is 419 g/mol. The van der Waals surface area contributed by atoms with Gasteiger partial charge in [-0.25, -0.2) is 0 Å². The molecule has 0 N–H and O–H groups in total. The van der Waals surface area contributed by atoms with Gasteiger partial charge in [-0.05, 0) is 82.4 Å². The number of hydrogen-bond donors (Lipinski definition) is 0. The molecule has 4 rings (SSSR count). The van der Waals surface area contributed by atoms with Crippen molar-refractivity contribution in [1.29, 1.82) is 0 Å². The van der Waals surface area contributed by atoms with Crippen molar-refractivity contribution in [2.24, 2.45) is 0 Å². The number of piperidine rings is 1. The molecule has 0 spiro atoms. The summed E-state index contributed by atoms with van der Waals surface area (Å²) in [5, 5.41) is 2.32. The minimum atomic E-state index is -0.00446. The van der Waals surface area contributed by atoms with Crippen LogP contribution >= 0.6 is 0 Å². The van der Waals surface area contributed by atoms with E-state index in [1.54, 1.807) is 0 Å². The van der Waals surface area contributed by atoms with Crippen LogP contribution in [-0.4, -0.2) is 16.1 Å². The summed E-state index contributed by atoms with van der Waals surface area (Å²) in [7, 11) is 0. The number of benzene rings is 2. The zero-order valence-corrected chi connectivity index (χ0v) is 20.2. The Balaban J connectivity index is 1.62. The van der Waals surface area contributed by atoms with Crippen molar-refractivity contribution in [3.63, 3.8) is 0 Å². The molecule has 1 aliphatic heterocycles. The van der Waals surface area contributed by atoms with E-state index in [2.05, 4.69) is 94.3 Å². The molecule has 0 amide bonds. The van der Waals surface area contributed by atoms with Crippen LogP contribution < -0.4 is 0 Å². The lowest BCUT2D eigenvalue weighted by molar-refractivity contribution is -0.310. The van der Waals surface area contributed by atoms with Crippen LogP contribution in [0.1, 0.15) is 114 Å². The first kappa shape index (κ1) is 22.6. The van der Waals surface area contributed by atoms with E-state index in [1.165, 1.54) is 61.6 Å². The van der Waals surface area contributed by atoms with Gasteiger partial charge in [0, 0.05) is 17.0 Å². The SMILES string of the molecule is CC(c1ccc(C2CCCC2)cc1)C(ON1C(C)(C)CCCC1(C)C)c1ccccc1. The lowest BCUT2D eigenvalue weighted by atomic mass is 9.82. The Morgan fingerprint density at radius 2 is 1.35 bits per heavy atom. The lowest BCUT2D eigenvalue weighted by Gasteiger charge is -2.53. The first-order valence-electron chi connectivity index (χ1n) is 12.4. The Morgan fingerprint density at radius 3 is 1.94 bits per heavy atom. The van der Waals surface area contributed by atoms with Crippen molar-refractivity contribution >= 4 is 0 Å². The molecule has 2 heteroatoms. The van der Waals surface area contributed by atoms with Gasteiger partial charge in [0.1, 0.15) is 6.10 Å². The number of nitrogens with zero attached hydrogens (tertiary/aromatic N) is 1. The van der Waals surface area contributed by atoms with Crippen LogP contribution in [0.2, 0.25) is 0 Å². The Bertz CT molecular complexity index is 817. The minimum Gasteiger partial charge on any atom is -0.289 e. The van der Waals surface area contributed by atoms with Gasteiger partial charge in [-0.1, -0.05) is 74.4 Å². The number of hydrogen-bond acceptors (Lipinski definition) is 2. The molecule has 2 aromatic rings. The van der Waals surface area contributed by atoms with Gasteiger partial charge < -0.3 is 0 Å². The highest BCUT2D eigenvalue weighted by atomic mass is 16.7. The molecule has 2 atom stereocenters. The van der Waals surface area contributed by atoms with Crippen molar-refractivity contribution in [2.45, 2.75) is 109 Å². The molecule has 2 aliphatic rings. The van der Waals surface area contributed by atoms with E-state index in [1.807, 2.05) is 0 Å². The Kier molecular flexibility index (Phi) is 6.60. The van der Waals surface area contributed by atoms with Crippen molar-refractivity contribution < 1.29 is 4.84 Å². The highest BCUT2D eigenvalue weighted by Gasteiger charge is 2.44. The minimum absolute atomic E-state index is 0.00446. The van der Waals surface area contributed by atoms with E-state index in [9.17, 15) is 0 Å². The average molecular weight is 420 g/mol. The van der Waals surface area contributed by atoms with E-state index >= 15 is 0 Å². The van der Waals surface area contributed by atoms with Gasteiger partial charge in [0.15, 0.2) is 0 Å². The normalized spacial score (nSPS) is 23.5. The Hall–Kier alpha value is -1.64. The second-order valence-corrected chi connectivity index (χ2v) is 11.1. The van der Waals surface area contributed by atoms with Gasteiger partial charge in [0.2, 0.25) is 0 Å². The smallest absolute Gasteiger partial charge is 0.111 e. The molecule has 0 aromatic heterocycles. The largest absolute Gasteiger partial charge is 0.289 e. The fourth-order valence-electron chi connectivity index (χ4n) is 5.96. The molecule has 31 heavy (non-hydrogen) atoms. The molecular weight excluding hydrogens is 378 g/mol. The van der Waals surface area contributed by atoms with E-state index in [0.29, 0.717) is 0 Å². The molecule has 2 fully saturated rings. The first-order chi connectivity index (χ1) is 14.8. The topological polar surface area (TPSA) is 12.5 Å². The van der Waals surface area contributed by atoms with Crippen molar-refractivity contribution in [1.82, 2.24) is 5.06 Å². The van der Waals surface area contributed by atoms with Gasteiger partial charge in [-0.15, -0.1) is 0 Å². The van der Waals surface area contributed by atoms with Crippen LogP contribution in [0, 0.1) is 0 Å². The van der Waals surface area contributed by atoms with Crippen LogP contribution in [-0.2, 0) is 4.84 Å². The first-order valence-corrected chi connectivity index (χ1v) is 12.4. The molecule has 1 saturated heterocycles. The molecule has 1 aliphatic carbocycles. The Labute approximate surface area is 190 Å². The van der Waals surface area contributed by atoms with Crippen LogP contribution in [0.15, 0.2) is 54.6 Å². The maximum Gasteiger partial charge on any atom is 0.111 e. The standard InChI is InChI=1S/C29H41NO/c1-22(23-16-18-25(19-17-23)24-12-9-10-13-24)27(26-14-7-6-8-15-26)31-30-28(2,3)20-11-21-29(30,4)5/h6-8,14-19,22,24,27H,9-13,20-21H2,1-5H3. The van der Waals surface area contributed by atoms with E-state index < -0.39 is 0 Å². The zero-order valence-electron chi connectivity index (χ0n) is 20.2. The fourth-order valence-corrected chi connectivity index (χ4v) is 5.96. The van der Waals surface area contributed by atoms with Gasteiger partial charge in [0.25, 0.3) is 0 Å². The van der Waals surface area contributed by atoms with Gasteiger partial charge in [-0.2, -0.15) is 5.06 Å². The molecular formula is C29H41NO. The summed E-state index contributed by atoms with van der Waals surface area (Å²) in [5.41, 5.74) is 4.20. The highest BCUT2D eigenvalue weighted by Crippen LogP contribution is 2.44. The second kappa shape index (κ2) is 9.08. The molecule has 2 nitrogen and oxygen atoms in total.